The van der Waals surface area contributed by atoms with E-state index in [1.54, 1.807) is 0 Å². The number of hydrogen-bond acceptors (Lipinski definition) is 13. The van der Waals surface area contributed by atoms with Crippen molar-refractivity contribution in [2.75, 3.05) is 19.1 Å². The van der Waals surface area contributed by atoms with E-state index >= 15 is 0 Å². The fraction of sp³-hybridized carbons (Fsp3) is 0.476. The van der Waals surface area contributed by atoms with E-state index < -0.39 is 70.6 Å². The molecule has 0 N–H and O–H groups in total. The van der Waals surface area contributed by atoms with Crippen LogP contribution >= 0.6 is 11.6 Å². The Balaban J connectivity index is 2.65. The number of methoxy groups -OCH3 is 1. The smallest absolute Gasteiger partial charge is 0.339 e. The number of nitrogens with zero attached hydrogens (tertiary/aromatic N) is 2. The lowest BCUT2D eigenvalue weighted by Crippen LogP contribution is -2.64. The average Bonchev–Trinajstić information content (AvgIpc) is 2.80. The van der Waals surface area contributed by atoms with Crippen LogP contribution in [0, 0.1) is 10.1 Å². The van der Waals surface area contributed by atoms with Gasteiger partial charge in [-0.3, -0.25) is 34.2 Å². The first kappa shape index (κ1) is 29.3. The number of halogens is 1. The molecule has 1 aliphatic rings. The van der Waals surface area contributed by atoms with Gasteiger partial charge < -0.3 is 28.4 Å². The van der Waals surface area contributed by atoms with E-state index in [0.717, 1.165) is 51.0 Å². The van der Waals surface area contributed by atoms with Crippen molar-refractivity contribution in [1.29, 1.82) is 0 Å². The summed E-state index contributed by atoms with van der Waals surface area (Å²) in [5, 5.41) is 10.2. The van der Waals surface area contributed by atoms with Crippen LogP contribution in [0.4, 0.5) is 16.2 Å². The maximum atomic E-state index is 12.5. The predicted molar refractivity (Wildman–Crippen MR) is 121 cm³/mol. The normalized spacial score (nSPS) is 22.7. The summed E-state index contributed by atoms with van der Waals surface area (Å²) in [5.41, 5.74) is -0.617. The molecule has 0 bridgehead atoms. The molecule has 1 fully saturated rings. The second-order valence-electron chi connectivity index (χ2n) is 7.51. The van der Waals surface area contributed by atoms with Gasteiger partial charge in [-0.2, -0.15) is 0 Å². The molecule has 2 rings (SSSR count). The van der Waals surface area contributed by atoms with Crippen molar-refractivity contribution in [2.45, 2.75) is 51.5 Å². The Hall–Kier alpha value is -3.98. The highest BCUT2D eigenvalue weighted by Gasteiger charge is 2.56. The van der Waals surface area contributed by atoms with E-state index in [9.17, 15) is 34.1 Å². The van der Waals surface area contributed by atoms with Crippen molar-refractivity contribution in [3.05, 3.63) is 28.3 Å². The molecule has 1 aromatic rings. The molecule has 16 heteroatoms. The predicted octanol–water partition coefficient (Wildman–Crippen LogP) is 1.46. The summed E-state index contributed by atoms with van der Waals surface area (Å²) in [4.78, 5) is 71.2. The summed E-state index contributed by atoms with van der Waals surface area (Å²) in [7, 11) is 2.21. The number of carbonyl (C=O) groups is 5. The van der Waals surface area contributed by atoms with E-state index in [2.05, 4.69) is 0 Å². The van der Waals surface area contributed by atoms with Crippen molar-refractivity contribution < 1.29 is 57.3 Å². The lowest BCUT2D eigenvalue weighted by Gasteiger charge is -2.43. The quantitative estimate of drug-likeness (QED) is 0.114. The molecule has 0 aromatic heterocycles. The Labute approximate surface area is 214 Å². The van der Waals surface area contributed by atoms with Crippen LogP contribution < -0.4 is 9.64 Å². The molecule has 202 valence electrons. The lowest BCUT2D eigenvalue weighted by atomic mass is 9.97. The third-order valence-corrected chi connectivity index (χ3v) is 5.11. The number of anilines is 1. The first-order valence-electron chi connectivity index (χ1n) is 10.4. The molecular formula is C21H23ClN2O13. The summed E-state index contributed by atoms with van der Waals surface area (Å²) < 4.78 is 31.8. The van der Waals surface area contributed by atoms with Crippen LogP contribution in [-0.4, -0.2) is 79.0 Å². The Bertz CT molecular complexity index is 1090. The Morgan fingerprint density at radius 3 is 2.00 bits per heavy atom. The summed E-state index contributed by atoms with van der Waals surface area (Å²) in [6, 6.07) is 3.12. The van der Waals surface area contributed by atoms with Crippen LogP contribution in [0.5, 0.6) is 5.75 Å². The summed E-state index contributed by atoms with van der Waals surface area (Å²) in [5.74, 6) is -3.97. The van der Waals surface area contributed by atoms with Crippen LogP contribution in [0.3, 0.4) is 0 Å². The molecule has 1 saturated heterocycles. The van der Waals surface area contributed by atoms with Crippen molar-refractivity contribution in [1.82, 2.24) is 0 Å². The van der Waals surface area contributed by atoms with Gasteiger partial charge in [0.1, 0.15) is 5.75 Å². The maximum absolute atomic E-state index is 12.5. The van der Waals surface area contributed by atoms with Crippen molar-refractivity contribution in [3.8, 4) is 5.75 Å². The second-order valence-corrected chi connectivity index (χ2v) is 7.83. The molecule has 0 unspecified atom stereocenters. The molecule has 1 aliphatic heterocycles. The average molecular weight is 547 g/mol. The van der Waals surface area contributed by atoms with Gasteiger partial charge in [-0.05, 0) is 17.7 Å². The standard InChI is InChI=1S/C21H23ClN2O13/c1-9(25)33-15-16(34-10(2)26)18(35-11(3)27)20(37-17(15)19(28)32-5)36-14-7-6-12(24(30)31)8-13(14)23(4)21(22)29/h6-8,15-18,20H,1-5H3/t15-,16-,17-,18+,20+/m0/s1. The number of ether oxygens (including phenoxy) is 6. The van der Waals surface area contributed by atoms with Gasteiger partial charge in [0.15, 0.2) is 18.3 Å². The molecule has 1 heterocycles. The van der Waals surface area contributed by atoms with Gasteiger partial charge in [-0.1, -0.05) is 0 Å². The molecule has 37 heavy (non-hydrogen) atoms. The number of rotatable bonds is 8. The minimum atomic E-state index is -1.75. The Kier molecular flexibility index (Phi) is 9.74. The molecular weight excluding hydrogens is 524 g/mol. The van der Waals surface area contributed by atoms with Crippen LogP contribution in [0.1, 0.15) is 20.8 Å². The second kappa shape index (κ2) is 12.3. The largest absolute Gasteiger partial charge is 0.467 e. The van der Waals surface area contributed by atoms with Gasteiger partial charge in [-0.25, -0.2) is 4.79 Å². The zero-order valence-electron chi connectivity index (χ0n) is 20.2. The lowest BCUT2D eigenvalue weighted by molar-refractivity contribution is -0.384. The molecule has 1 amide bonds. The van der Waals surface area contributed by atoms with Crippen molar-refractivity contribution in [3.63, 3.8) is 0 Å². The fourth-order valence-corrected chi connectivity index (χ4v) is 3.47. The fourth-order valence-electron chi connectivity index (χ4n) is 3.38. The minimum Gasteiger partial charge on any atom is -0.467 e. The highest BCUT2D eigenvalue weighted by atomic mass is 35.5. The number of amides is 1. The first-order valence-corrected chi connectivity index (χ1v) is 10.8. The van der Waals surface area contributed by atoms with Crippen LogP contribution in [0.25, 0.3) is 0 Å². The molecule has 0 saturated carbocycles. The minimum absolute atomic E-state index is 0.194. The molecule has 1 aromatic carbocycles. The maximum Gasteiger partial charge on any atom is 0.339 e. The van der Waals surface area contributed by atoms with Gasteiger partial charge in [0, 0.05) is 40.0 Å². The van der Waals surface area contributed by atoms with Crippen molar-refractivity contribution >= 4 is 52.2 Å². The van der Waals surface area contributed by atoms with E-state index in [1.807, 2.05) is 0 Å². The van der Waals surface area contributed by atoms with E-state index in [4.69, 9.17) is 40.0 Å². The van der Waals surface area contributed by atoms with Crippen LogP contribution in [-0.2, 0) is 42.9 Å². The number of carbonyl (C=O) groups excluding carboxylic acids is 5. The third-order valence-electron chi connectivity index (χ3n) is 4.86. The van der Waals surface area contributed by atoms with Gasteiger partial charge in [0.2, 0.25) is 12.4 Å². The summed E-state index contributed by atoms with van der Waals surface area (Å²) >= 11 is 5.53. The van der Waals surface area contributed by atoms with E-state index in [1.165, 1.54) is 7.05 Å². The molecule has 0 radical (unpaired) electrons. The number of hydrogen-bond donors (Lipinski definition) is 0. The zero-order valence-corrected chi connectivity index (χ0v) is 21.0. The number of benzene rings is 1. The number of nitro groups is 1. The topological polar surface area (TPSA) is 187 Å². The highest BCUT2D eigenvalue weighted by molar-refractivity contribution is 6.66. The van der Waals surface area contributed by atoms with Gasteiger partial charge >= 0.3 is 29.2 Å². The van der Waals surface area contributed by atoms with Crippen LogP contribution in [0.15, 0.2) is 18.2 Å². The van der Waals surface area contributed by atoms with Crippen molar-refractivity contribution in [2.24, 2.45) is 0 Å². The summed E-state index contributed by atoms with van der Waals surface area (Å²) in [6.45, 7) is 3.06. The van der Waals surface area contributed by atoms with E-state index in [0.29, 0.717) is 0 Å². The molecule has 5 atom stereocenters. The van der Waals surface area contributed by atoms with Gasteiger partial charge in [0.05, 0.1) is 17.7 Å². The number of non-ortho nitro benzene ring substituents is 1. The monoisotopic (exact) mass is 546 g/mol. The number of esters is 4. The van der Waals surface area contributed by atoms with Gasteiger partial charge in [0.25, 0.3) is 5.69 Å². The SMILES string of the molecule is COC(=O)[C@H]1O[C@@H](Oc2ccc([N+](=O)[O-])cc2N(C)C(=O)Cl)[C@H](OC(C)=O)[C@@H](OC(C)=O)[C@@H]1OC(C)=O. The summed E-state index contributed by atoms with van der Waals surface area (Å²) in [6.07, 6.45) is -8.36. The highest BCUT2D eigenvalue weighted by Crippen LogP contribution is 2.37. The zero-order chi connectivity index (χ0) is 28.0. The Morgan fingerprint density at radius 2 is 1.51 bits per heavy atom. The van der Waals surface area contributed by atoms with Gasteiger partial charge in [-0.15, -0.1) is 0 Å². The van der Waals surface area contributed by atoms with Crippen LogP contribution in [0.2, 0.25) is 0 Å². The Morgan fingerprint density at radius 1 is 0.973 bits per heavy atom. The molecule has 0 aliphatic carbocycles. The third kappa shape index (κ3) is 7.27. The first-order chi connectivity index (χ1) is 17.3. The van der Waals surface area contributed by atoms with E-state index in [-0.39, 0.29) is 11.4 Å². The molecule has 15 nitrogen and oxygen atoms in total. The molecule has 0 spiro atoms. The number of nitro benzene ring substituents is 1.